The van der Waals surface area contributed by atoms with Gasteiger partial charge in [-0.25, -0.2) is 19.0 Å². The van der Waals surface area contributed by atoms with Crippen molar-refractivity contribution in [1.82, 2.24) is 9.78 Å². The largest absolute Gasteiger partial charge is 0.507 e. The minimum Gasteiger partial charge on any atom is -0.507 e. The smallest absolute Gasteiger partial charge is 0.339 e. The highest BCUT2D eigenvalue weighted by Crippen LogP contribution is 2.64. The molecule has 56 heavy (non-hydrogen) atoms. The Morgan fingerprint density at radius 2 is 1.75 bits per heavy atom. The number of halogens is 2. The maximum absolute atomic E-state index is 15.2. The first-order valence-corrected chi connectivity index (χ1v) is 19.1. The van der Waals surface area contributed by atoms with Gasteiger partial charge in [-0.1, -0.05) is 35.4 Å². The summed E-state index contributed by atoms with van der Waals surface area (Å²) in [5.41, 5.74) is 0.0959. The van der Waals surface area contributed by atoms with E-state index in [-0.39, 0.29) is 29.9 Å². The van der Waals surface area contributed by atoms with Crippen LogP contribution in [0.15, 0.2) is 72.3 Å². The number of benzene rings is 3. The molecule has 2 saturated heterocycles. The molecule has 12 nitrogen and oxygen atoms in total. The lowest BCUT2D eigenvalue weighted by atomic mass is 9.51. The van der Waals surface area contributed by atoms with E-state index in [0.717, 1.165) is 48.5 Å². The number of phenolic OH excluding ortho intramolecular Hbond substituents is 1. The molecule has 2 aliphatic carbocycles. The molecule has 4 amide bonds. The second-order valence-electron chi connectivity index (χ2n) is 15.1. The predicted octanol–water partition coefficient (Wildman–Crippen LogP) is 6.95. The lowest BCUT2D eigenvalue weighted by Crippen LogP contribution is -2.49. The van der Waals surface area contributed by atoms with Crippen LogP contribution in [0.25, 0.3) is 20.7 Å². The van der Waals surface area contributed by atoms with Crippen molar-refractivity contribution in [3.63, 3.8) is 0 Å². The topological polar surface area (TPSA) is 170 Å². The number of aromatic hydroxyl groups is 2. The summed E-state index contributed by atoms with van der Waals surface area (Å²) in [7, 11) is 1.63. The van der Waals surface area contributed by atoms with E-state index in [0.29, 0.717) is 16.3 Å². The maximum atomic E-state index is 15.2. The van der Waals surface area contributed by atoms with Gasteiger partial charge in [-0.3, -0.25) is 23.9 Å². The first-order valence-electron chi connectivity index (χ1n) is 17.9. The number of aromatic carboxylic acids is 1. The van der Waals surface area contributed by atoms with Gasteiger partial charge in [0.2, 0.25) is 23.6 Å². The number of thiophene rings is 1. The van der Waals surface area contributed by atoms with E-state index < -0.39 is 87.5 Å². The zero-order valence-electron chi connectivity index (χ0n) is 30.0. The lowest BCUT2D eigenvalue weighted by molar-refractivity contribution is -0.131. The van der Waals surface area contributed by atoms with Crippen molar-refractivity contribution < 1.29 is 43.7 Å². The fraction of sp³-hybridized carbons (Fsp3) is 0.268. The molecule has 1 saturated carbocycles. The summed E-state index contributed by atoms with van der Waals surface area (Å²) in [5.74, 6) is -10.5. The fourth-order valence-corrected chi connectivity index (χ4v) is 11.0. The van der Waals surface area contributed by atoms with Crippen molar-refractivity contribution in [2.75, 3.05) is 9.80 Å². The second kappa shape index (κ2) is 12.3. The third-order valence-corrected chi connectivity index (χ3v) is 13.8. The summed E-state index contributed by atoms with van der Waals surface area (Å²) in [6.07, 6.45) is 1.83. The number of rotatable bonds is 5. The predicted molar refractivity (Wildman–Crippen MR) is 204 cm³/mol. The molecule has 3 fully saturated rings. The van der Waals surface area contributed by atoms with Gasteiger partial charge in [0.25, 0.3) is 0 Å². The summed E-state index contributed by atoms with van der Waals surface area (Å²) < 4.78 is 17.6. The van der Waals surface area contributed by atoms with Crippen molar-refractivity contribution in [3.8, 4) is 22.1 Å². The fourth-order valence-electron chi connectivity index (χ4n) is 9.65. The summed E-state index contributed by atoms with van der Waals surface area (Å²) >= 11 is 7.78. The number of anilines is 2. The first-order chi connectivity index (χ1) is 26.6. The molecule has 5 aromatic rings. The van der Waals surface area contributed by atoms with Crippen LogP contribution in [0, 0.1) is 41.8 Å². The van der Waals surface area contributed by atoms with Gasteiger partial charge < -0.3 is 15.3 Å². The molecule has 0 bridgehead atoms. The maximum Gasteiger partial charge on any atom is 0.339 e. The average molecular weight is 795 g/mol. The van der Waals surface area contributed by atoms with Crippen LogP contribution in [-0.2, 0) is 26.2 Å². The molecule has 6 atom stereocenters. The molecule has 3 N–H and O–H groups in total. The Morgan fingerprint density at radius 3 is 2.48 bits per heavy atom. The molecule has 284 valence electrons. The van der Waals surface area contributed by atoms with E-state index in [2.05, 4.69) is 0 Å². The zero-order valence-corrected chi connectivity index (χ0v) is 31.6. The third-order valence-electron chi connectivity index (χ3n) is 12.3. The van der Waals surface area contributed by atoms with Crippen LogP contribution < -0.4 is 9.80 Å². The molecule has 0 spiro atoms. The number of aromatic nitrogens is 2. The number of carbonyl (C=O) groups excluding carboxylic acids is 4. The minimum atomic E-state index is -1.56. The van der Waals surface area contributed by atoms with Crippen LogP contribution in [0.3, 0.4) is 0 Å². The van der Waals surface area contributed by atoms with E-state index in [1.54, 1.807) is 32.2 Å². The molecule has 9 rings (SSSR count). The highest BCUT2D eigenvalue weighted by molar-refractivity contribution is 7.22. The standard InChI is InChI=1S/C41H32ClFN4O8S/c1-17-24-13-18(42)7-12-30(24)56-35(17)28-16-31(45(3)44-28)47-37(51)26-15-25-20(33(41(26,2)40(47)55)23-5-4-6-27(43)34(23)49)10-11-22-32(25)38(52)46(36(22)50)19-8-9-21(39(53)54)29(48)14-19/h4-10,12-14,16,22,25-26,32-33,48-49H,11,15H2,1-3H3,(H,53,54)/t22-,25+,26-,32-,33+,41+/m0/s1. The molecular formula is C41H32ClFN4O8S. The van der Waals surface area contributed by atoms with Crippen LogP contribution >= 0.6 is 22.9 Å². The summed E-state index contributed by atoms with van der Waals surface area (Å²) in [6.45, 7) is 3.58. The SMILES string of the molecule is Cc1c(-c2cc(N3C(=O)[C@@H]4C[C@@H]5C(=CC[C@@H]6C(=O)N(c7ccc(C(=O)O)c(O)c7)C(=O)[C@@H]65)[C@H](c5cccc(F)c5O)[C@]4(C)C3=O)n(C)n2)sc2ccc(Cl)cc12. The Bertz CT molecular complexity index is 2670. The highest BCUT2D eigenvalue weighted by Gasteiger charge is 2.68. The van der Waals surface area contributed by atoms with Crippen LogP contribution in [0.5, 0.6) is 11.5 Å². The number of imide groups is 2. The van der Waals surface area contributed by atoms with Gasteiger partial charge in [0.1, 0.15) is 22.8 Å². The van der Waals surface area contributed by atoms with Crippen molar-refractivity contribution in [3.05, 3.63) is 99.8 Å². The Morgan fingerprint density at radius 1 is 0.982 bits per heavy atom. The zero-order chi connectivity index (χ0) is 39.7. The molecule has 0 unspecified atom stereocenters. The van der Waals surface area contributed by atoms with Gasteiger partial charge in [-0.2, -0.15) is 5.10 Å². The third kappa shape index (κ3) is 4.81. The molecule has 2 aromatic heterocycles. The molecule has 4 heterocycles. The first kappa shape index (κ1) is 35.8. The van der Waals surface area contributed by atoms with Crippen LogP contribution in [0.1, 0.15) is 47.2 Å². The van der Waals surface area contributed by atoms with Crippen LogP contribution in [0.4, 0.5) is 15.9 Å². The number of para-hydroxylation sites is 1. The number of carboxylic acids is 1. The van der Waals surface area contributed by atoms with E-state index >= 15 is 9.18 Å². The Balaban J connectivity index is 1.15. The van der Waals surface area contributed by atoms with Crippen LogP contribution in [0.2, 0.25) is 5.02 Å². The number of hydrogen-bond acceptors (Lipinski definition) is 9. The number of carbonyl (C=O) groups is 5. The lowest BCUT2D eigenvalue weighted by Gasteiger charge is -2.49. The Kier molecular flexibility index (Phi) is 7.88. The van der Waals surface area contributed by atoms with Gasteiger partial charge in [0, 0.05) is 40.4 Å². The summed E-state index contributed by atoms with van der Waals surface area (Å²) in [6, 6.07) is 14.7. The van der Waals surface area contributed by atoms with E-state index in [4.69, 9.17) is 16.7 Å². The quantitative estimate of drug-likeness (QED) is 0.126. The van der Waals surface area contributed by atoms with Crippen molar-refractivity contribution >= 4 is 74.1 Å². The monoisotopic (exact) mass is 794 g/mol. The molecule has 4 aliphatic rings. The Hall–Kier alpha value is -5.86. The Labute approximate surface area is 327 Å². The van der Waals surface area contributed by atoms with Crippen LogP contribution in [-0.4, -0.2) is 54.7 Å². The van der Waals surface area contributed by atoms with Crippen molar-refractivity contribution in [2.24, 2.45) is 36.1 Å². The number of phenols is 2. The molecule has 2 aliphatic heterocycles. The van der Waals surface area contributed by atoms with E-state index in [1.807, 2.05) is 19.1 Å². The molecule has 3 aromatic carbocycles. The van der Waals surface area contributed by atoms with E-state index in [9.17, 15) is 34.5 Å². The summed E-state index contributed by atoms with van der Waals surface area (Å²) in [5, 5.41) is 37.3. The van der Waals surface area contributed by atoms with Gasteiger partial charge in [0.15, 0.2) is 11.6 Å². The minimum absolute atomic E-state index is 0.00585. The number of hydrogen-bond donors (Lipinski definition) is 3. The van der Waals surface area contributed by atoms with Crippen molar-refractivity contribution in [2.45, 2.75) is 32.6 Å². The van der Waals surface area contributed by atoms with Gasteiger partial charge in [-0.15, -0.1) is 11.3 Å². The van der Waals surface area contributed by atoms with Gasteiger partial charge >= 0.3 is 5.97 Å². The number of nitrogens with zero attached hydrogens (tertiary/aromatic N) is 4. The van der Waals surface area contributed by atoms with Gasteiger partial charge in [0.05, 0.1) is 33.7 Å². The second-order valence-corrected chi connectivity index (χ2v) is 16.6. The van der Waals surface area contributed by atoms with Gasteiger partial charge in [-0.05, 0) is 80.0 Å². The van der Waals surface area contributed by atoms with E-state index in [1.165, 1.54) is 34.2 Å². The molecule has 15 heteroatoms. The average Bonchev–Trinajstić information content (AvgIpc) is 3.83. The highest BCUT2D eigenvalue weighted by atomic mass is 35.5. The number of carboxylic acid groups (broad SMARTS) is 1. The number of aryl methyl sites for hydroxylation is 2. The normalized spacial score (nSPS) is 25.8. The molecular weight excluding hydrogens is 763 g/mol. The molecule has 0 radical (unpaired) electrons. The van der Waals surface area contributed by atoms with Crippen molar-refractivity contribution in [1.29, 1.82) is 0 Å². The number of fused-ring (bicyclic) bond motifs is 5. The number of amides is 4. The number of allylic oxidation sites excluding steroid dienone is 2. The summed E-state index contributed by atoms with van der Waals surface area (Å²) in [4.78, 5) is 72.6.